The second-order valence-electron chi connectivity index (χ2n) is 5.21. The summed E-state index contributed by atoms with van der Waals surface area (Å²) in [6, 6.07) is 4.76. The minimum absolute atomic E-state index is 0.174. The summed E-state index contributed by atoms with van der Waals surface area (Å²) >= 11 is 1.14. The van der Waals surface area contributed by atoms with Crippen molar-refractivity contribution >= 4 is 27.4 Å². The summed E-state index contributed by atoms with van der Waals surface area (Å²) in [5.41, 5.74) is 0.581. The summed E-state index contributed by atoms with van der Waals surface area (Å²) < 4.78 is 20.1. The van der Waals surface area contributed by atoms with Gasteiger partial charge in [0.25, 0.3) is 0 Å². The zero-order valence-electron chi connectivity index (χ0n) is 11.6. The number of benzene rings is 1. The molecular formula is C15H16FNO3S. The highest BCUT2D eigenvalue weighted by Crippen LogP contribution is 2.34. The van der Waals surface area contributed by atoms with Gasteiger partial charge in [0.2, 0.25) is 0 Å². The Morgan fingerprint density at radius 3 is 3.05 bits per heavy atom. The van der Waals surface area contributed by atoms with Crippen molar-refractivity contribution < 1.29 is 19.0 Å². The van der Waals surface area contributed by atoms with E-state index in [0.29, 0.717) is 22.2 Å². The molecule has 1 aromatic carbocycles. The number of ether oxygens (including phenoxy) is 1. The topological polar surface area (TPSA) is 49.8 Å². The average molecular weight is 309 g/mol. The number of methoxy groups -OCH3 is 1. The van der Waals surface area contributed by atoms with Crippen molar-refractivity contribution in [3.05, 3.63) is 34.5 Å². The van der Waals surface area contributed by atoms with Crippen LogP contribution in [0, 0.1) is 5.82 Å². The molecule has 0 bridgehead atoms. The van der Waals surface area contributed by atoms with E-state index in [2.05, 4.69) is 4.90 Å². The molecule has 112 valence electrons. The Hall–Kier alpha value is -1.50. The van der Waals surface area contributed by atoms with Crippen molar-refractivity contribution in [1.29, 1.82) is 0 Å². The number of aromatic carboxylic acids is 1. The van der Waals surface area contributed by atoms with Crippen LogP contribution in [0.25, 0.3) is 10.1 Å². The van der Waals surface area contributed by atoms with E-state index in [-0.39, 0.29) is 16.8 Å². The number of likely N-dealkylation sites (tertiary alicyclic amines) is 1. The van der Waals surface area contributed by atoms with Gasteiger partial charge in [-0.15, -0.1) is 11.3 Å². The van der Waals surface area contributed by atoms with E-state index >= 15 is 0 Å². The molecule has 1 aliphatic rings. The van der Waals surface area contributed by atoms with Crippen molar-refractivity contribution in [3.63, 3.8) is 0 Å². The van der Waals surface area contributed by atoms with Crippen molar-refractivity contribution in [2.45, 2.75) is 19.1 Å². The fraction of sp³-hybridized carbons (Fsp3) is 0.400. The van der Waals surface area contributed by atoms with Crippen LogP contribution in [0.2, 0.25) is 0 Å². The molecule has 1 fully saturated rings. The van der Waals surface area contributed by atoms with E-state index in [1.807, 2.05) is 0 Å². The fourth-order valence-corrected chi connectivity index (χ4v) is 3.91. The number of carboxylic acids is 1. The molecule has 1 aliphatic heterocycles. The number of fused-ring (bicyclic) bond motifs is 1. The van der Waals surface area contributed by atoms with Crippen molar-refractivity contribution in [2.24, 2.45) is 0 Å². The predicted molar refractivity (Wildman–Crippen MR) is 79.4 cm³/mol. The molecule has 0 radical (unpaired) electrons. The van der Waals surface area contributed by atoms with Gasteiger partial charge in [-0.1, -0.05) is 6.07 Å². The van der Waals surface area contributed by atoms with Crippen LogP contribution in [0.15, 0.2) is 18.2 Å². The summed E-state index contributed by atoms with van der Waals surface area (Å²) in [5, 5.41) is 9.82. The highest BCUT2D eigenvalue weighted by Gasteiger charge is 2.26. The molecule has 0 saturated carbocycles. The molecule has 0 spiro atoms. The number of carbonyl (C=O) groups is 1. The molecule has 1 unspecified atom stereocenters. The van der Waals surface area contributed by atoms with Gasteiger partial charge in [-0.2, -0.15) is 0 Å². The Bertz CT molecular complexity index is 685. The highest BCUT2D eigenvalue weighted by molar-refractivity contribution is 7.21. The van der Waals surface area contributed by atoms with Crippen LogP contribution in [0.5, 0.6) is 0 Å². The molecule has 0 amide bonds. The Labute approximate surface area is 125 Å². The van der Waals surface area contributed by atoms with Gasteiger partial charge in [0.15, 0.2) is 0 Å². The minimum atomic E-state index is -0.993. The molecule has 1 N–H and O–H groups in total. The largest absolute Gasteiger partial charge is 0.477 e. The number of hydrogen-bond acceptors (Lipinski definition) is 4. The molecule has 0 aliphatic carbocycles. The second-order valence-corrected chi connectivity index (χ2v) is 6.26. The summed E-state index contributed by atoms with van der Waals surface area (Å²) in [7, 11) is 1.68. The molecule has 6 heteroatoms. The van der Waals surface area contributed by atoms with E-state index < -0.39 is 5.97 Å². The molecular weight excluding hydrogens is 293 g/mol. The van der Waals surface area contributed by atoms with Crippen LogP contribution in [-0.4, -0.2) is 42.3 Å². The summed E-state index contributed by atoms with van der Waals surface area (Å²) in [5.74, 6) is -1.35. The Kier molecular flexibility index (Phi) is 3.93. The summed E-state index contributed by atoms with van der Waals surface area (Å²) in [4.78, 5) is 13.8. The fourth-order valence-electron chi connectivity index (χ4n) is 2.85. The molecule has 4 nitrogen and oxygen atoms in total. The van der Waals surface area contributed by atoms with Gasteiger partial charge < -0.3 is 9.84 Å². The number of thiophene rings is 1. The van der Waals surface area contributed by atoms with Crippen molar-refractivity contribution in [2.75, 3.05) is 20.2 Å². The molecule has 1 atom stereocenters. The van der Waals surface area contributed by atoms with Crippen LogP contribution in [0.4, 0.5) is 4.39 Å². The van der Waals surface area contributed by atoms with Crippen molar-refractivity contribution in [1.82, 2.24) is 4.90 Å². The Balaban J connectivity index is 2.00. The first-order valence-corrected chi connectivity index (χ1v) is 7.60. The Morgan fingerprint density at radius 2 is 2.38 bits per heavy atom. The number of hydrogen-bond donors (Lipinski definition) is 1. The lowest BCUT2D eigenvalue weighted by molar-refractivity contribution is 0.0700. The van der Waals surface area contributed by atoms with E-state index in [9.17, 15) is 14.3 Å². The summed E-state index contributed by atoms with van der Waals surface area (Å²) in [6.45, 7) is 2.03. The SMILES string of the molecule is COC1CCN(Cc2c(C(=O)O)sc3cccc(F)c23)C1. The van der Waals surface area contributed by atoms with Crippen LogP contribution >= 0.6 is 11.3 Å². The molecule has 21 heavy (non-hydrogen) atoms. The van der Waals surface area contributed by atoms with Crippen LogP contribution < -0.4 is 0 Å². The smallest absolute Gasteiger partial charge is 0.346 e. The van der Waals surface area contributed by atoms with Crippen molar-refractivity contribution in [3.8, 4) is 0 Å². The summed E-state index contributed by atoms with van der Waals surface area (Å²) in [6.07, 6.45) is 1.09. The maximum Gasteiger partial charge on any atom is 0.346 e. The molecule has 2 aromatic rings. The van der Waals surface area contributed by atoms with E-state index in [0.717, 1.165) is 30.8 Å². The lowest BCUT2D eigenvalue weighted by Crippen LogP contribution is -2.23. The first-order chi connectivity index (χ1) is 10.1. The lowest BCUT2D eigenvalue weighted by atomic mass is 10.1. The van der Waals surface area contributed by atoms with Gasteiger partial charge in [0.1, 0.15) is 10.7 Å². The maximum absolute atomic E-state index is 14.1. The first-order valence-electron chi connectivity index (χ1n) is 6.78. The predicted octanol–water partition coefficient (Wildman–Crippen LogP) is 2.96. The van der Waals surface area contributed by atoms with Gasteiger partial charge in [-0.3, -0.25) is 4.90 Å². The maximum atomic E-state index is 14.1. The third-order valence-electron chi connectivity index (χ3n) is 3.90. The standard InChI is InChI=1S/C15H16FNO3S/c1-20-9-5-6-17(7-9)8-10-13-11(16)3-2-4-12(13)21-14(10)15(18)19/h2-4,9H,5-8H2,1H3,(H,18,19). The number of halogens is 1. The quantitative estimate of drug-likeness (QED) is 0.943. The van der Waals surface area contributed by atoms with E-state index in [4.69, 9.17) is 4.74 Å². The lowest BCUT2D eigenvalue weighted by Gasteiger charge is -2.16. The molecule has 1 saturated heterocycles. The van der Waals surface area contributed by atoms with Gasteiger partial charge in [0.05, 0.1) is 6.10 Å². The normalized spacial score (nSPS) is 19.4. The average Bonchev–Trinajstić information content (AvgIpc) is 3.05. The second kappa shape index (κ2) is 5.71. The zero-order valence-corrected chi connectivity index (χ0v) is 12.5. The van der Waals surface area contributed by atoms with Crippen LogP contribution in [0.1, 0.15) is 21.7 Å². The first kappa shape index (κ1) is 14.4. The Morgan fingerprint density at radius 1 is 1.57 bits per heavy atom. The zero-order chi connectivity index (χ0) is 15.0. The molecule has 3 rings (SSSR count). The molecule has 2 heterocycles. The minimum Gasteiger partial charge on any atom is -0.477 e. The van der Waals surface area contributed by atoms with Gasteiger partial charge >= 0.3 is 5.97 Å². The van der Waals surface area contributed by atoms with E-state index in [1.165, 1.54) is 6.07 Å². The van der Waals surface area contributed by atoms with Crippen LogP contribution in [0.3, 0.4) is 0 Å². The van der Waals surface area contributed by atoms with Gasteiger partial charge in [0, 0.05) is 42.4 Å². The number of carboxylic acid groups (broad SMARTS) is 1. The van der Waals surface area contributed by atoms with Gasteiger partial charge in [-0.25, -0.2) is 9.18 Å². The third kappa shape index (κ3) is 2.66. The highest BCUT2D eigenvalue weighted by atomic mass is 32.1. The number of nitrogens with zero attached hydrogens (tertiary/aromatic N) is 1. The van der Waals surface area contributed by atoms with Crippen LogP contribution in [-0.2, 0) is 11.3 Å². The molecule has 1 aromatic heterocycles. The van der Waals surface area contributed by atoms with Gasteiger partial charge in [-0.05, 0) is 18.6 Å². The number of rotatable bonds is 4. The monoisotopic (exact) mass is 309 g/mol. The third-order valence-corrected chi connectivity index (χ3v) is 5.09. The van der Waals surface area contributed by atoms with E-state index in [1.54, 1.807) is 19.2 Å².